The highest BCUT2D eigenvalue weighted by atomic mass is 16.5. The molecule has 0 fully saturated rings. The van der Waals surface area contributed by atoms with Crippen LogP contribution in [0.25, 0.3) is 0 Å². The predicted octanol–water partition coefficient (Wildman–Crippen LogP) is 3.18. The highest BCUT2D eigenvalue weighted by molar-refractivity contribution is 5.74. The number of aryl methyl sites for hydroxylation is 1. The Morgan fingerprint density at radius 2 is 2.16 bits per heavy atom. The van der Waals surface area contributed by atoms with E-state index in [1.807, 2.05) is 31.2 Å². The van der Waals surface area contributed by atoms with Crippen LogP contribution in [0.3, 0.4) is 0 Å². The maximum atomic E-state index is 11.9. The van der Waals surface area contributed by atoms with Crippen LogP contribution >= 0.6 is 0 Å². The maximum Gasteiger partial charge on any atom is 0.311 e. The summed E-state index contributed by atoms with van der Waals surface area (Å²) in [6.07, 6.45) is 2.50. The molecule has 0 amide bonds. The van der Waals surface area contributed by atoms with Crippen molar-refractivity contribution >= 4 is 5.97 Å². The highest BCUT2D eigenvalue weighted by Gasteiger charge is 2.39. The summed E-state index contributed by atoms with van der Waals surface area (Å²) in [6.45, 7) is 5.73. The summed E-state index contributed by atoms with van der Waals surface area (Å²) in [7, 11) is 1.37. The molecule has 0 saturated carbocycles. The largest absolute Gasteiger partial charge is 0.469 e. The lowest BCUT2D eigenvalue weighted by atomic mass is 9.79. The molecule has 0 saturated heterocycles. The number of carbonyl (C=O) groups is 1. The topological polar surface area (TPSA) is 46.5 Å². The first kappa shape index (κ1) is 15.7. The van der Waals surface area contributed by atoms with E-state index in [1.165, 1.54) is 7.11 Å². The van der Waals surface area contributed by atoms with Crippen LogP contribution in [-0.2, 0) is 15.1 Å². The van der Waals surface area contributed by atoms with Crippen molar-refractivity contribution < 1.29 is 14.6 Å². The normalized spacial score (nSPS) is 15.6. The minimum Gasteiger partial charge on any atom is -0.469 e. The summed E-state index contributed by atoms with van der Waals surface area (Å²) in [6, 6.07) is 7.64. The number of benzene rings is 1. The lowest BCUT2D eigenvalue weighted by Crippen LogP contribution is -2.38. The van der Waals surface area contributed by atoms with E-state index >= 15 is 0 Å². The smallest absolute Gasteiger partial charge is 0.311 e. The van der Waals surface area contributed by atoms with Crippen LogP contribution in [0.1, 0.15) is 44.2 Å². The number of esters is 1. The number of carbonyl (C=O) groups excluding carboxylic acids is 1. The zero-order valence-electron chi connectivity index (χ0n) is 12.3. The second-order valence-electron chi connectivity index (χ2n) is 5.23. The number of methoxy groups -OCH3 is 1. The number of aliphatic hydroxyl groups is 1. The lowest BCUT2D eigenvalue weighted by molar-refractivity contribution is -0.156. The zero-order chi connectivity index (χ0) is 14.5. The fourth-order valence-electron chi connectivity index (χ4n) is 2.34. The van der Waals surface area contributed by atoms with Gasteiger partial charge in [0.1, 0.15) is 5.60 Å². The van der Waals surface area contributed by atoms with Gasteiger partial charge in [0.15, 0.2) is 0 Å². The molecule has 0 aliphatic heterocycles. The Balaban J connectivity index is 3.07. The lowest BCUT2D eigenvalue weighted by Gasteiger charge is -2.31. The molecule has 19 heavy (non-hydrogen) atoms. The number of hydrogen-bond donors (Lipinski definition) is 1. The molecule has 1 rings (SSSR count). The average molecular weight is 264 g/mol. The first-order chi connectivity index (χ1) is 8.93. The van der Waals surface area contributed by atoms with Crippen molar-refractivity contribution in [2.45, 2.75) is 45.6 Å². The van der Waals surface area contributed by atoms with Crippen molar-refractivity contribution in [1.82, 2.24) is 0 Å². The van der Waals surface area contributed by atoms with E-state index in [4.69, 9.17) is 4.74 Å². The van der Waals surface area contributed by atoms with Crippen LogP contribution < -0.4 is 0 Å². The Kier molecular flexibility index (Phi) is 5.55. The van der Waals surface area contributed by atoms with Crippen LogP contribution in [0, 0.1) is 12.8 Å². The summed E-state index contributed by atoms with van der Waals surface area (Å²) in [5.74, 6) is -0.876. The van der Waals surface area contributed by atoms with Crippen molar-refractivity contribution in [3.8, 4) is 0 Å². The third-order valence-electron chi connectivity index (χ3n) is 3.61. The van der Waals surface area contributed by atoms with E-state index in [2.05, 4.69) is 6.92 Å². The second-order valence-corrected chi connectivity index (χ2v) is 5.23. The Morgan fingerprint density at radius 1 is 1.47 bits per heavy atom. The Morgan fingerprint density at radius 3 is 2.68 bits per heavy atom. The summed E-state index contributed by atoms with van der Waals surface area (Å²) >= 11 is 0. The SMILES string of the molecule is CCCCC(C(=O)OC)C(C)(O)c1cccc(C)c1. The molecule has 1 N–H and O–H groups in total. The fraction of sp³-hybridized carbons (Fsp3) is 0.562. The summed E-state index contributed by atoms with van der Waals surface area (Å²) in [5, 5.41) is 10.8. The highest BCUT2D eigenvalue weighted by Crippen LogP contribution is 2.34. The van der Waals surface area contributed by atoms with Crippen LogP contribution in [0.4, 0.5) is 0 Å². The molecule has 0 bridgehead atoms. The average Bonchev–Trinajstić information content (AvgIpc) is 2.38. The second kappa shape index (κ2) is 6.71. The van der Waals surface area contributed by atoms with Gasteiger partial charge < -0.3 is 9.84 Å². The third-order valence-corrected chi connectivity index (χ3v) is 3.61. The van der Waals surface area contributed by atoms with Crippen molar-refractivity contribution in [1.29, 1.82) is 0 Å². The molecule has 3 nitrogen and oxygen atoms in total. The van der Waals surface area contributed by atoms with Gasteiger partial charge in [0, 0.05) is 0 Å². The van der Waals surface area contributed by atoms with Gasteiger partial charge >= 0.3 is 5.97 Å². The van der Waals surface area contributed by atoms with E-state index in [-0.39, 0.29) is 5.97 Å². The first-order valence-electron chi connectivity index (χ1n) is 6.80. The molecule has 3 heteroatoms. The van der Waals surface area contributed by atoms with E-state index < -0.39 is 11.5 Å². The van der Waals surface area contributed by atoms with Crippen molar-refractivity contribution in [3.05, 3.63) is 35.4 Å². The van der Waals surface area contributed by atoms with Crippen LogP contribution in [0.5, 0.6) is 0 Å². The van der Waals surface area contributed by atoms with E-state index in [0.717, 1.165) is 24.0 Å². The molecule has 1 aromatic carbocycles. The van der Waals surface area contributed by atoms with Gasteiger partial charge in [0.05, 0.1) is 13.0 Å². The monoisotopic (exact) mass is 264 g/mol. The Bertz CT molecular complexity index is 424. The first-order valence-corrected chi connectivity index (χ1v) is 6.80. The number of rotatable bonds is 6. The number of ether oxygens (including phenoxy) is 1. The molecule has 0 aliphatic carbocycles. The fourth-order valence-corrected chi connectivity index (χ4v) is 2.34. The van der Waals surface area contributed by atoms with E-state index in [0.29, 0.717) is 6.42 Å². The number of hydrogen-bond acceptors (Lipinski definition) is 3. The standard InChI is InChI=1S/C16H24O3/c1-5-6-10-14(15(17)19-4)16(3,18)13-9-7-8-12(2)11-13/h7-9,11,14,18H,5-6,10H2,1-4H3. The Labute approximate surface area is 115 Å². The van der Waals surface area contributed by atoms with Crippen LogP contribution in [0.15, 0.2) is 24.3 Å². The van der Waals surface area contributed by atoms with Gasteiger partial charge in [-0.3, -0.25) is 4.79 Å². The molecule has 1 aromatic rings. The van der Waals surface area contributed by atoms with Crippen LogP contribution in [0.2, 0.25) is 0 Å². The molecule has 106 valence electrons. The molecular formula is C16H24O3. The van der Waals surface area contributed by atoms with Crippen molar-refractivity contribution in [3.63, 3.8) is 0 Å². The van der Waals surface area contributed by atoms with Crippen molar-refractivity contribution in [2.75, 3.05) is 7.11 Å². The molecule has 2 unspecified atom stereocenters. The van der Waals surface area contributed by atoms with Crippen LogP contribution in [-0.4, -0.2) is 18.2 Å². The third kappa shape index (κ3) is 3.80. The molecule has 0 radical (unpaired) electrons. The van der Waals surface area contributed by atoms with Gasteiger partial charge in [-0.1, -0.05) is 49.6 Å². The Hall–Kier alpha value is -1.35. The predicted molar refractivity (Wildman–Crippen MR) is 75.8 cm³/mol. The summed E-state index contributed by atoms with van der Waals surface area (Å²) < 4.78 is 4.85. The van der Waals surface area contributed by atoms with E-state index in [9.17, 15) is 9.90 Å². The molecule has 0 heterocycles. The molecule has 0 aliphatic rings. The van der Waals surface area contributed by atoms with Gasteiger partial charge in [-0.2, -0.15) is 0 Å². The zero-order valence-corrected chi connectivity index (χ0v) is 12.3. The van der Waals surface area contributed by atoms with Gasteiger partial charge in [0.25, 0.3) is 0 Å². The quantitative estimate of drug-likeness (QED) is 0.803. The van der Waals surface area contributed by atoms with Gasteiger partial charge in [0.2, 0.25) is 0 Å². The molecule has 2 atom stereocenters. The molecular weight excluding hydrogens is 240 g/mol. The van der Waals surface area contributed by atoms with Gasteiger partial charge in [-0.15, -0.1) is 0 Å². The van der Waals surface area contributed by atoms with Crippen molar-refractivity contribution in [2.24, 2.45) is 5.92 Å². The number of unbranched alkanes of at least 4 members (excludes halogenated alkanes) is 1. The van der Waals surface area contributed by atoms with Gasteiger partial charge in [-0.05, 0) is 25.8 Å². The van der Waals surface area contributed by atoms with E-state index in [1.54, 1.807) is 6.92 Å². The van der Waals surface area contributed by atoms with Gasteiger partial charge in [-0.25, -0.2) is 0 Å². The summed E-state index contributed by atoms with van der Waals surface area (Å²) in [5.41, 5.74) is 0.629. The minimum absolute atomic E-state index is 0.347. The minimum atomic E-state index is -1.20. The summed E-state index contributed by atoms with van der Waals surface area (Å²) in [4.78, 5) is 11.9. The maximum absolute atomic E-state index is 11.9. The molecule has 0 spiro atoms. The molecule has 0 aromatic heterocycles.